The predicted molar refractivity (Wildman–Crippen MR) is 126 cm³/mol. The highest BCUT2D eigenvalue weighted by Crippen LogP contribution is 2.31. The van der Waals surface area contributed by atoms with Crippen LogP contribution in [0, 0.1) is 6.92 Å². The minimum Gasteiger partial charge on any atom is -0.495 e. The predicted octanol–water partition coefficient (Wildman–Crippen LogP) is 4.02. The maximum absolute atomic E-state index is 13.2. The van der Waals surface area contributed by atoms with Gasteiger partial charge in [0.2, 0.25) is 6.10 Å². The summed E-state index contributed by atoms with van der Waals surface area (Å²) in [5.41, 5.74) is 2.39. The Bertz CT molecular complexity index is 1210. The molecule has 3 aromatic rings. The number of esters is 1. The third-order valence-corrected chi connectivity index (χ3v) is 5.26. The lowest BCUT2D eigenvalue weighted by Gasteiger charge is -2.26. The zero-order chi connectivity index (χ0) is 24.1. The number of fused-ring (bicyclic) bond motifs is 1. The first-order valence-corrected chi connectivity index (χ1v) is 10.7. The molecule has 0 spiro atoms. The van der Waals surface area contributed by atoms with Gasteiger partial charge < -0.3 is 24.8 Å². The van der Waals surface area contributed by atoms with E-state index in [1.165, 1.54) is 7.11 Å². The molecular weight excluding hydrogens is 436 g/mol. The minimum atomic E-state index is -1.24. The number of hydrogen-bond acceptors (Lipinski definition) is 6. The van der Waals surface area contributed by atoms with Gasteiger partial charge in [-0.15, -0.1) is 0 Å². The van der Waals surface area contributed by atoms with Crippen molar-refractivity contribution in [3.05, 3.63) is 83.9 Å². The fraction of sp³-hybridized carbons (Fsp3) is 0.192. The van der Waals surface area contributed by atoms with Crippen LogP contribution in [-0.2, 0) is 19.1 Å². The van der Waals surface area contributed by atoms with E-state index in [9.17, 15) is 14.4 Å². The van der Waals surface area contributed by atoms with E-state index >= 15 is 0 Å². The van der Waals surface area contributed by atoms with E-state index in [-0.39, 0.29) is 6.42 Å². The first-order valence-electron chi connectivity index (χ1n) is 10.7. The topological polar surface area (TPSA) is 103 Å². The molecule has 8 heteroatoms. The average Bonchev–Trinajstić information content (AvgIpc) is 2.83. The third-order valence-electron chi connectivity index (χ3n) is 5.26. The van der Waals surface area contributed by atoms with Gasteiger partial charge in [-0.3, -0.25) is 14.4 Å². The van der Waals surface area contributed by atoms with Gasteiger partial charge in [0, 0.05) is 5.56 Å². The monoisotopic (exact) mass is 460 g/mol. The molecular formula is C26H24N2O6. The van der Waals surface area contributed by atoms with E-state index < -0.39 is 30.0 Å². The molecule has 0 aliphatic carbocycles. The molecule has 2 atom stereocenters. The van der Waals surface area contributed by atoms with Gasteiger partial charge in [0.25, 0.3) is 11.8 Å². The molecule has 0 fully saturated rings. The van der Waals surface area contributed by atoms with Crippen LogP contribution in [0.1, 0.15) is 23.7 Å². The van der Waals surface area contributed by atoms with Crippen LogP contribution in [0.4, 0.5) is 11.4 Å². The molecule has 34 heavy (non-hydrogen) atoms. The molecule has 2 N–H and O–H groups in total. The molecule has 4 rings (SSSR count). The second-order valence-electron chi connectivity index (χ2n) is 7.77. The number of hydrogen-bond donors (Lipinski definition) is 2. The largest absolute Gasteiger partial charge is 0.495 e. The first kappa shape index (κ1) is 22.8. The van der Waals surface area contributed by atoms with Crippen molar-refractivity contribution in [2.24, 2.45) is 0 Å². The van der Waals surface area contributed by atoms with Gasteiger partial charge in [0.15, 0.2) is 6.10 Å². The Morgan fingerprint density at radius 3 is 2.56 bits per heavy atom. The highest BCUT2D eigenvalue weighted by atomic mass is 16.6. The molecule has 1 aliphatic rings. The summed E-state index contributed by atoms with van der Waals surface area (Å²) in [5, 5.41) is 5.49. The number of carbonyl (C=O) groups is 3. The molecule has 0 radical (unpaired) electrons. The number of anilines is 2. The summed E-state index contributed by atoms with van der Waals surface area (Å²) in [4.78, 5) is 38.4. The number of ether oxygens (including phenoxy) is 3. The standard InChI is InChI=1S/C26H24N2O6/c1-16-12-13-20(32-2)19(14-16)28-26(31)24(17-8-4-3-5-9-17)34-23(29)15-22-25(30)27-18-10-6-7-11-21(18)33-22/h3-14,22,24H,15H2,1-2H3,(H,27,30)(H,28,31)/t22-,24-/m1/s1. The van der Waals surface area contributed by atoms with E-state index in [2.05, 4.69) is 10.6 Å². The van der Waals surface area contributed by atoms with Crippen molar-refractivity contribution >= 4 is 29.2 Å². The van der Waals surface area contributed by atoms with Crippen LogP contribution < -0.4 is 20.1 Å². The van der Waals surface area contributed by atoms with Gasteiger partial charge in [-0.2, -0.15) is 0 Å². The number of rotatable bonds is 7. The lowest BCUT2D eigenvalue weighted by molar-refractivity contribution is -0.157. The first-order chi connectivity index (χ1) is 16.4. The van der Waals surface area contributed by atoms with Crippen LogP contribution in [-0.4, -0.2) is 31.0 Å². The van der Waals surface area contributed by atoms with Crippen LogP contribution in [0.25, 0.3) is 0 Å². The molecule has 174 valence electrons. The Balaban J connectivity index is 1.51. The zero-order valence-electron chi connectivity index (χ0n) is 18.7. The number of nitrogens with one attached hydrogen (secondary N) is 2. The van der Waals surface area contributed by atoms with Crippen molar-refractivity contribution in [3.63, 3.8) is 0 Å². The van der Waals surface area contributed by atoms with Gasteiger partial charge in [0.1, 0.15) is 11.5 Å². The second-order valence-corrected chi connectivity index (χ2v) is 7.77. The van der Waals surface area contributed by atoms with Crippen molar-refractivity contribution in [1.29, 1.82) is 0 Å². The quantitative estimate of drug-likeness (QED) is 0.517. The molecule has 3 aromatic carbocycles. The summed E-state index contributed by atoms with van der Waals surface area (Å²) in [6.45, 7) is 1.89. The summed E-state index contributed by atoms with van der Waals surface area (Å²) in [6.07, 6.45) is -2.67. The molecule has 0 aromatic heterocycles. The molecule has 0 bridgehead atoms. The van der Waals surface area contributed by atoms with Crippen molar-refractivity contribution < 1.29 is 28.6 Å². The molecule has 8 nitrogen and oxygen atoms in total. The summed E-state index contributed by atoms with van der Waals surface area (Å²) in [5.74, 6) is -0.824. The molecule has 0 saturated carbocycles. The average molecular weight is 460 g/mol. The van der Waals surface area contributed by atoms with Crippen molar-refractivity contribution in [2.75, 3.05) is 17.7 Å². The number of para-hydroxylation sites is 2. The maximum atomic E-state index is 13.2. The van der Waals surface area contributed by atoms with Crippen LogP contribution >= 0.6 is 0 Å². The Hall–Kier alpha value is -4.33. The van der Waals surface area contributed by atoms with E-state index in [1.54, 1.807) is 66.7 Å². The van der Waals surface area contributed by atoms with Crippen LogP contribution in [0.15, 0.2) is 72.8 Å². The number of carbonyl (C=O) groups excluding carboxylic acids is 3. The summed E-state index contributed by atoms with van der Waals surface area (Å²) in [6, 6.07) is 20.9. The molecule has 2 amide bonds. The summed E-state index contributed by atoms with van der Waals surface area (Å²) < 4.78 is 16.6. The maximum Gasteiger partial charge on any atom is 0.311 e. The Kier molecular flexibility index (Phi) is 6.77. The highest BCUT2D eigenvalue weighted by molar-refractivity contribution is 6.00. The van der Waals surface area contributed by atoms with Crippen LogP contribution in [0.5, 0.6) is 11.5 Å². The number of aryl methyl sites for hydroxylation is 1. The Labute approximate surface area is 196 Å². The van der Waals surface area contributed by atoms with Gasteiger partial charge >= 0.3 is 5.97 Å². The number of amides is 2. The zero-order valence-corrected chi connectivity index (χ0v) is 18.7. The van der Waals surface area contributed by atoms with Crippen molar-refractivity contribution in [3.8, 4) is 11.5 Å². The third kappa shape index (κ3) is 5.17. The van der Waals surface area contributed by atoms with E-state index in [0.717, 1.165) is 5.56 Å². The minimum absolute atomic E-state index is 0.357. The van der Waals surface area contributed by atoms with E-state index in [1.807, 2.05) is 13.0 Å². The summed E-state index contributed by atoms with van der Waals surface area (Å²) >= 11 is 0. The Morgan fingerprint density at radius 1 is 1.06 bits per heavy atom. The van der Waals surface area contributed by atoms with Gasteiger partial charge in [-0.05, 0) is 36.8 Å². The van der Waals surface area contributed by atoms with Gasteiger partial charge in [-0.1, -0.05) is 48.5 Å². The van der Waals surface area contributed by atoms with E-state index in [4.69, 9.17) is 14.2 Å². The van der Waals surface area contributed by atoms with Crippen molar-refractivity contribution in [2.45, 2.75) is 25.6 Å². The summed E-state index contributed by atoms with van der Waals surface area (Å²) in [7, 11) is 1.50. The van der Waals surface area contributed by atoms with Crippen molar-refractivity contribution in [1.82, 2.24) is 0 Å². The second kappa shape index (κ2) is 10.1. The van der Waals surface area contributed by atoms with Crippen LogP contribution in [0.3, 0.4) is 0 Å². The fourth-order valence-corrected chi connectivity index (χ4v) is 3.58. The molecule has 1 heterocycles. The fourth-order valence-electron chi connectivity index (χ4n) is 3.58. The van der Waals surface area contributed by atoms with Crippen LogP contribution in [0.2, 0.25) is 0 Å². The molecule has 0 unspecified atom stereocenters. The number of benzene rings is 3. The van der Waals surface area contributed by atoms with Gasteiger partial charge in [0.05, 0.1) is 24.9 Å². The van der Waals surface area contributed by atoms with Gasteiger partial charge in [-0.25, -0.2) is 0 Å². The van der Waals surface area contributed by atoms with E-state index in [0.29, 0.717) is 28.4 Å². The number of methoxy groups -OCH3 is 1. The lowest BCUT2D eigenvalue weighted by Crippen LogP contribution is -2.39. The molecule has 0 saturated heterocycles. The Morgan fingerprint density at radius 2 is 1.79 bits per heavy atom. The smallest absolute Gasteiger partial charge is 0.311 e. The normalized spacial score (nSPS) is 15.2. The SMILES string of the molecule is COc1ccc(C)cc1NC(=O)[C@H](OC(=O)C[C@H]1Oc2ccccc2NC1=O)c1ccccc1. The lowest BCUT2D eigenvalue weighted by atomic mass is 10.1. The highest BCUT2D eigenvalue weighted by Gasteiger charge is 2.33. The molecule has 1 aliphatic heterocycles.